The number of anilines is 2. The Morgan fingerprint density at radius 3 is 2.50 bits per heavy atom. The number of hydrogen-bond donors (Lipinski definition) is 2. The molecule has 0 saturated carbocycles. The standard InChI is InChI=1S/C14H27N5O/c1-6-12-17-13(15-3)11(2)14(18-12)16-7-8-19(4)9-10-20-5/h6-10H2,1-5H3,(H2,15,16,17,18). The molecule has 0 bridgehead atoms. The molecule has 2 N–H and O–H groups in total. The van der Waals surface area contributed by atoms with Crippen molar-refractivity contribution >= 4 is 11.6 Å². The van der Waals surface area contributed by atoms with Crippen molar-refractivity contribution in [1.82, 2.24) is 14.9 Å². The Hall–Kier alpha value is -1.40. The fourth-order valence-electron chi connectivity index (χ4n) is 1.86. The quantitative estimate of drug-likeness (QED) is 0.713. The van der Waals surface area contributed by atoms with Gasteiger partial charge >= 0.3 is 0 Å². The van der Waals surface area contributed by atoms with Crippen LogP contribution in [0.2, 0.25) is 0 Å². The van der Waals surface area contributed by atoms with Crippen LogP contribution in [-0.4, -0.2) is 62.3 Å². The van der Waals surface area contributed by atoms with E-state index in [4.69, 9.17) is 4.74 Å². The molecule has 0 radical (unpaired) electrons. The molecular weight excluding hydrogens is 254 g/mol. The molecule has 20 heavy (non-hydrogen) atoms. The van der Waals surface area contributed by atoms with E-state index in [0.29, 0.717) is 0 Å². The summed E-state index contributed by atoms with van der Waals surface area (Å²) in [5.41, 5.74) is 1.06. The minimum atomic E-state index is 0.757. The first-order chi connectivity index (χ1) is 9.62. The van der Waals surface area contributed by atoms with Gasteiger partial charge in [-0.1, -0.05) is 6.92 Å². The number of hydrogen-bond acceptors (Lipinski definition) is 6. The van der Waals surface area contributed by atoms with E-state index in [1.165, 1.54) is 0 Å². The van der Waals surface area contributed by atoms with Crippen molar-refractivity contribution in [3.05, 3.63) is 11.4 Å². The molecule has 0 atom stereocenters. The number of methoxy groups -OCH3 is 1. The SMILES string of the molecule is CCc1nc(NC)c(C)c(NCCN(C)CCOC)n1. The molecule has 0 spiro atoms. The van der Waals surface area contributed by atoms with E-state index >= 15 is 0 Å². The summed E-state index contributed by atoms with van der Waals surface area (Å²) in [6, 6.07) is 0. The van der Waals surface area contributed by atoms with Crippen LogP contribution in [-0.2, 0) is 11.2 Å². The van der Waals surface area contributed by atoms with Gasteiger partial charge in [0.15, 0.2) is 0 Å². The number of aryl methyl sites for hydroxylation is 1. The van der Waals surface area contributed by atoms with Gasteiger partial charge in [-0.05, 0) is 14.0 Å². The van der Waals surface area contributed by atoms with E-state index < -0.39 is 0 Å². The number of nitrogens with one attached hydrogen (secondary N) is 2. The molecule has 0 aromatic carbocycles. The second kappa shape index (κ2) is 8.71. The van der Waals surface area contributed by atoms with Crippen LogP contribution in [0.15, 0.2) is 0 Å². The van der Waals surface area contributed by atoms with E-state index in [2.05, 4.69) is 39.5 Å². The van der Waals surface area contributed by atoms with Crippen molar-refractivity contribution in [3.63, 3.8) is 0 Å². The highest BCUT2D eigenvalue weighted by molar-refractivity contribution is 5.56. The minimum absolute atomic E-state index is 0.757. The smallest absolute Gasteiger partial charge is 0.134 e. The van der Waals surface area contributed by atoms with Gasteiger partial charge in [0.25, 0.3) is 0 Å². The van der Waals surface area contributed by atoms with Crippen LogP contribution in [0.25, 0.3) is 0 Å². The average Bonchev–Trinajstić information content (AvgIpc) is 2.46. The van der Waals surface area contributed by atoms with Crippen LogP contribution in [0.4, 0.5) is 11.6 Å². The van der Waals surface area contributed by atoms with Gasteiger partial charge in [0, 0.05) is 45.8 Å². The molecule has 1 aromatic heterocycles. The van der Waals surface area contributed by atoms with Crippen LogP contribution in [0, 0.1) is 6.92 Å². The molecule has 6 heteroatoms. The molecule has 0 amide bonds. The normalized spacial score (nSPS) is 10.9. The number of ether oxygens (including phenoxy) is 1. The van der Waals surface area contributed by atoms with Crippen LogP contribution in [0.1, 0.15) is 18.3 Å². The van der Waals surface area contributed by atoms with Crippen molar-refractivity contribution in [3.8, 4) is 0 Å². The lowest BCUT2D eigenvalue weighted by Gasteiger charge is -2.18. The van der Waals surface area contributed by atoms with Gasteiger partial charge in [0.2, 0.25) is 0 Å². The Labute approximate surface area is 121 Å². The van der Waals surface area contributed by atoms with Crippen LogP contribution in [0.3, 0.4) is 0 Å². The van der Waals surface area contributed by atoms with Crippen molar-refractivity contribution < 1.29 is 4.74 Å². The molecule has 114 valence electrons. The third-order valence-electron chi connectivity index (χ3n) is 3.21. The Morgan fingerprint density at radius 1 is 1.20 bits per heavy atom. The molecule has 0 unspecified atom stereocenters. The zero-order valence-corrected chi connectivity index (χ0v) is 13.3. The number of aromatic nitrogens is 2. The van der Waals surface area contributed by atoms with Crippen LogP contribution < -0.4 is 10.6 Å². The maximum Gasteiger partial charge on any atom is 0.134 e. The Morgan fingerprint density at radius 2 is 1.90 bits per heavy atom. The Kier molecular flexibility index (Phi) is 7.25. The first kappa shape index (κ1) is 16.7. The lowest BCUT2D eigenvalue weighted by atomic mass is 10.3. The van der Waals surface area contributed by atoms with Crippen LogP contribution >= 0.6 is 0 Å². The van der Waals surface area contributed by atoms with Gasteiger partial charge in [-0.2, -0.15) is 0 Å². The maximum absolute atomic E-state index is 5.07. The first-order valence-electron chi connectivity index (χ1n) is 7.09. The molecule has 1 heterocycles. The third kappa shape index (κ3) is 4.94. The van der Waals surface area contributed by atoms with Crippen molar-refractivity contribution in [2.45, 2.75) is 20.3 Å². The van der Waals surface area contributed by atoms with Gasteiger partial charge < -0.3 is 20.3 Å². The van der Waals surface area contributed by atoms with E-state index in [1.54, 1.807) is 7.11 Å². The zero-order chi connectivity index (χ0) is 15.0. The second-order valence-corrected chi connectivity index (χ2v) is 4.79. The highest BCUT2D eigenvalue weighted by atomic mass is 16.5. The molecule has 0 aliphatic heterocycles. The van der Waals surface area contributed by atoms with E-state index in [0.717, 1.165) is 55.7 Å². The third-order valence-corrected chi connectivity index (χ3v) is 3.21. The number of nitrogens with zero attached hydrogens (tertiary/aromatic N) is 3. The van der Waals surface area contributed by atoms with Gasteiger partial charge in [-0.15, -0.1) is 0 Å². The fourth-order valence-corrected chi connectivity index (χ4v) is 1.86. The molecule has 6 nitrogen and oxygen atoms in total. The number of rotatable bonds is 9. The second-order valence-electron chi connectivity index (χ2n) is 4.79. The van der Waals surface area contributed by atoms with E-state index in [9.17, 15) is 0 Å². The van der Waals surface area contributed by atoms with E-state index in [1.807, 2.05) is 14.0 Å². The van der Waals surface area contributed by atoms with Gasteiger partial charge in [-0.3, -0.25) is 0 Å². The summed E-state index contributed by atoms with van der Waals surface area (Å²) in [5, 5.41) is 6.52. The summed E-state index contributed by atoms with van der Waals surface area (Å²) in [6.45, 7) is 7.58. The molecule has 0 aliphatic carbocycles. The first-order valence-corrected chi connectivity index (χ1v) is 7.09. The summed E-state index contributed by atoms with van der Waals surface area (Å²) in [4.78, 5) is 11.2. The highest BCUT2D eigenvalue weighted by Gasteiger charge is 2.09. The van der Waals surface area contributed by atoms with Crippen molar-refractivity contribution in [2.75, 3.05) is 58.1 Å². The molecule has 1 aromatic rings. The lowest BCUT2D eigenvalue weighted by molar-refractivity contribution is 0.163. The maximum atomic E-state index is 5.07. The summed E-state index contributed by atoms with van der Waals surface area (Å²) in [6.07, 6.45) is 0.831. The summed E-state index contributed by atoms with van der Waals surface area (Å²) in [5.74, 6) is 2.67. The Bertz CT molecular complexity index is 411. The zero-order valence-electron chi connectivity index (χ0n) is 13.3. The topological polar surface area (TPSA) is 62.3 Å². The predicted molar refractivity (Wildman–Crippen MR) is 83.6 cm³/mol. The van der Waals surface area contributed by atoms with Crippen LogP contribution in [0.5, 0.6) is 0 Å². The lowest BCUT2D eigenvalue weighted by Crippen LogP contribution is -2.28. The summed E-state index contributed by atoms with van der Waals surface area (Å²) >= 11 is 0. The van der Waals surface area contributed by atoms with Gasteiger partial charge in [0.1, 0.15) is 17.5 Å². The van der Waals surface area contributed by atoms with Gasteiger partial charge in [-0.25, -0.2) is 9.97 Å². The molecule has 0 saturated heterocycles. The van der Waals surface area contributed by atoms with Gasteiger partial charge in [0.05, 0.1) is 6.61 Å². The molecule has 1 rings (SSSR count). The molecule has 0 fully saturated rings. The van der Waals surface area contributed by atoms with E-state index in [-0.39, 0.29) is 0 Å². The summed E-state index contributed by atoms with van der Waals surface area (Å²) in [7, 11) is 5.70. The monoisotopic (exact) mass is 281 g/mol. The average molecular weight is 281 g/mol. The highest BCUT2D eigenvalue weighted by Crippen LogP contribution is 2.19. The predicted octanol–water partition coefficient (Wildman–Crippen LogP) is 1.38. The molecular formula is C14H27N5O. The largest absolute Gasteiger partial charge is 0.383 e. The summed E-state index contributed by atoms with van der Waals surface area (Å²) < 4.78 is 5.07. The Balaban J connectivity index is 2.58. The van der Waals surface area contributed by atoms with Crippen molar-refractivity contribution in [2.24, 2.45) is 0 Å². The minimum Gasteiger partial charge on any atom is -0.383 e. The fraction of sp³-hybridized carbons (Fsp3) is 0.714. The van der Waals surface area contributed by atoms with Crippen molar-refractivity contribution in [1.29, 1.82) is 0 Å². The number of likely N-dealkylation sites (N-methyl/N-ethyl adjacent to an activating group) is 1. The molecule has 0 aliphatic rings.